The normalized spacial score (nSPS) is 15.5. The van der Waals surface area contributed by atoms with Crippen LogP contribution in [0.1, 0.15) is 90.0 Å². The van der Waals surface area contributed by atoms with E-state index in [9.17, 15) is 10.1 Å². The maximum atomic E-state index is 11.7. The van der Waals surface area contributed by atoms with Gasteiger partial charge >= 0.3 is 5.97 Å². The van der Waals surface area contributed by atoms with Gasteiger partial charge in [0.15, 0.2) is 15.1 Å². The molecule has 1 fully saturated rings. The fourth-order valence-electron chi connectivity index (χ4n) is 4.38. The first-order valence-corrected chi connectivity index (χ1v) is 15.1. The summed E-state index contributed by atoms with van der Waals surface area (Å²) in [7, 11) is 0. The fraction of sp³-hybridized carbons (Fsp3) is 0.517. The number of benzene rings is 1. The zero-order valence-electron chi connectivity index (χ0n) is 23.5. The van der Waals surface area contributed by atoms with Crippen LogP contribution in [0.2, 0.25) is 0 Å². The number of aromatic nitrogens is 2. The molecule has 206 valence electrons. The number of anilines is 1. The molecular formula is C29H36N6O2S2. The lowest BCUT2D eigenvalue weighted by atomic mass is 9.90. The maximum Gasteiger partial charge on any atom is 0.305 e. The van der Waals surface area contributed by atoms with Crippen LogP contribution >= 0.6 is 22.9 Å². The van der Waals surface area contributed by atoms with Crippen molar-refractivity contribution in [2.24, 2.45) is 10.2 Å². The molecule has 1 saturated heterocycles. The van der Waals surface area contributed by atoms with Crippen LogP contribution in [0.25, 0.3) is 11.3 Å². The maximum absolute atomic E-state index is 11.7. The average molecular weight is 565 g/mol. The molecule has 1 unspecified atom stereocenters. The Morgan fingerprint density at radius 3 is 2.44 bits per heavy atom. The van der Waals surface area contributed by atoms with Gasteiger partial charge in [-0.15, -0.1) is 10.2 Å². The van der Waals surface area contributed by atoms with Crippen molar-refractivity contribution in [3.05, 3.63) is 41.1 Å². The van der Waals surface area contributed by atoms with Crippen LogP contribution < -0.4 is 4.90 Å². The summed E-state index contributed by atoms with van der Waals surface area (Å²) in [6.45, 7) is 13.8. The van der Waals surface area contributed by atoms with Gasteiger partial charge in [-0.25, -0.2) is 4.98 Å². The SMILES string of the molecule is CCC(=O)OC1CCN(c2nc(-c3ccc(C(C)CC)cc3)c(/N=N/c3snc(C(C)(C)C)c3C#N)s2)CC1. The van der Waals surface area contributed by atoms with Crippen molar-refractivity contribution < 1.29 is 9.53 Å². The molecule has 1 atom stereocenters. The Labute approximate surface area is 238 Å². The van der Waals surface area contributed by atoms with E-state index in [1.54, 1.807) is 0 Å². The first kappa shape index (κ1) is 28.8. The van der Waals surface area contributed by atoms with Crippen LogP contribution in [0.3, 0.4) is 0 Å². The van der Waals surface area contributed by atoms with Gasteiger partial charge in [0.1, 0.15) is 23.4 Å². The molecular weight excluding hydrogens is 528 g/mol. The summed E-state index contributed by atoms with van der Waals surface area (Å²) in [5.74, 6) is 0.336. The minimum atomic E-state index is -0.257. The van der Waals surface area contributed by atoms with Crippen LogP contribution in [0.15, 0.2) is 34.5 Å². The number of nitrogens with zero attached hydrogens (tertiary/aromatic N) is 6. The molecule has 3 aromatic rings. The molecule has 8 nitrogen and oxygen atoms in total. The minimum absolute atomic E-state index is 0.0480. The fourth-order valence-corrected chi connectivity index (χ4v) is 6.20. The van der Waals surface area contributed by atoms with Crippen molar-refractivity contribution in [3.63, 3.8) is 0 Å². The van der Waals surface area contributed by atoms with E-state index < -0.39 is 0 Å². The molecule has 10 heteroatoms. The Morgan fingerprint density at radius 1 is 1.18 bits per heavy atom. The second-order valence-corrected chi connectivity index (χ2v) is 12.6. The van der Waals surface area contributed by atoms with Crippen LogP contribution in [-0.4, -0.2) is 34.5 Å². The third-order valence-electron chi connectivity index (χ3n) is 6.99. The van der Waals surface area contributed by atoms with E-state index in [1.807, 2.05) is 27.7 Å². The highest BCUT2D eigenvalue weighted by Gasteiger charge is 2.27. The summed E-state index contributed by atoms with van der Waals surface area (Å²) >= 11 is 2.69. The van der Waals surface area contributed by atoms with Gasteiger partial charge in [0, 0.05) is 43.3 Å². The summed E-state index contributed by atoms with van der Waals surface area (Å²) < 4.78 is 10.1. The van der Waals surface area contributed by atoms with E-state index in [0.717, 1.165) is 54.4 Å². The molecule has 1 aliphatic heterocycles. The van der Waals surface area contributed by atoms with Crippen molar-refractivity contribution in [2.45, 2.75) is 84.7 Å². The smallest absolute Gasteiger partial charge is 0.305 e. The number of nitriles is 1. The first-order chi connectivity index (χ1) is 18.6. The molecule has 0 radical (unpaired) electrons. The molecule has 0 aliphatic carbocycles. The van der Waals surface area contributed by atoms with Crippen molar-refractivity contribution >= 4 is 44.0 Å². The van der Waals surface area contributed by atoms with Crippen molar-refractivity contribution in [1.29, 1.82) is 5.26 Å². The van der Waals surface area contributed by atoms with E-state index in [-0.39, 0.29) is 17.5 Å². The predicted molar refractivity (Wildman–Crippen MR) is 158 cm³/mol. The van der Waals surface area contributed by atoms with Crippen molar-refractivity contribution in [2.75, 3.05) is 18.0 Å². The van der Waals surface area contributed by atoms with Gasteiger partial charge in [-0.05, 0) is 29.4 Å². The third-order valence-corrected chi connectivity index (χ3v) is 8.72. The summed E-state index contributed by atoms with van der Waals surface area (Å²) in [6, 6.07) is 10.8. The van der Waals surface area contributed by atoms with Crippen LogP contribution in [-0.2, 0) is 14.9 Å². The Hall–Kier alpha value is -3.16. The van der Waals surface area contributed by atoms with Gasteiger partial charge in [0.2, 0.25) is 0 Å². The molecule has 0 saturated carbocycles. The molecule has 0 bridgehead atoms. The lowest BCUT2D eigenvalue weighted by molar-refractivity contribution is -0.149. The van der Waals surface area contributed by atoms with E-state index in [1.165, 1.54) is 28.4 Å². The van der Waals surface area contributed by atoms with E-state index in [0.29, 0.717) is 27.9 Å². The Kier molecular flexibility index (Phi) is 9.13. The molecule has 1 aromatic carbocycles. The molecule has 3 heterocycles. The molecule has 1 aliphatic rings. The largest absolute Gasteiger partial charge is 0.462 e. The van der Waals surface area contributed by atoms with Crippen molar-refractivity contribution in [1.82, 2.24) is 9.36 Å². The highest BCUT2D eigenvalue weighted by Crippen LogP contribution is 2.43. The van der Waals surface area contributed by atoms with Crippen LogP contribution in [0.4, 0.5) is 15.1 Å². The number of rotatable bonds is 8. The highest BCUT2D eigenvalue weighted by atomic mass is 32.1. The number of carbonyl (C=O) groups is 1. The summed E-state index contributed by atoms with van der Waals surface area (Å²) in [5, 5.41) is 21.0. The molecule has 39 heavy (non-hydrogen) atoms. The molecule has 0 N–H and O–H groups in total. The highest BCUT2D eigenvalue weighted by molar-refractivity contribution is 7.19. The Balaban J connectivity index is 1.65. The van der Waals surface area contributed by atoms with E-state index in [2.05, 4.69) is 63.7 Å². The number of esters is 1. The number of piperidine rings is 1. The number of hydrogen-bond acceptors (Lipinski definition) is 10. The molecule has 0 amide bonds. The first-order valence-electron chi connectivity index (χ1n) is 13.5. The zero-order valence-corrected chi connectivity index (χ0v) is 25.2. The van der Waals surface area contributed by atoms with E-state index in [4.69, 9.17) is 9.72 Å². The predicted octanol–water partition coefficient (Wildman–Crippen LogP) is 8.29. The monoisotopic (exact) mass is 564 g/mol. The third kappa shape index (κ3) is 6.71. The standard InChI is InChI=1S/C29H36N6O2S2/c1-7-18(3)19-9-11-20(12-10-19)24-27(33-32-26-22(17-30)25(34-39-26)29(4,5)6)38-28(31-24)35-15-13-21(14-16-35)37-23(36)8-2/h9-12,18,21H,7-8,13-16H2,1-6H3/b33-32+. The van der Waals surface area contributed by atoms with Gasteiger partial charge in [0.05, 0.1) is 5.69 Å². The summed E-state index contributed by atoms with van der Waals surface area (Å²) in [5.41, 5.74) is 4.00. The number of carbonyl (C=O) groups excluding carboxylic acids is 1. The van der Waals surface area contributed by atoms with Gasteiger partial charge in [-0.1, -0.05) is 77.1 Å². The second-order valence-electron chi connectivity index (χ2n) is 10.9. The topological polar surface area (TPSA) is 104 Å². The quantitative estimate of drug-likeness (QED) is 0.201. The van der Waals surface area contributed by atoms with Crippen molar-refractivity contribution in [3.8, 4) is 17.3 Å². The minimum Gasteiger partial charge on any atom is -0.462 e. The number of thiazole rings is 1. The van der Waals surface area contributed by atoms with E-state index >= 15 is 0 Å². The number of azo groups is 1. The second kappa shape index (κ2) is 12.3. The van der Waals surface area contributed by atoms with Gasteiger partial charge in [0.25, 0.3) is 0 Å². The number of hydrogen-bond donors (Lipinski definition) is 0. The Morgan fingerprint density at radius 2 is 1.85 bits per heavy atom. The average Bonchev–Trinajstić information content (AvgIpc) is 3.56. The summed E-state index contributed by atoms with van der Waals surface area (Å²) in [6.07, 6.45) is 2.96. The number of ether oxygens (including phenoxy) is 1. The van der Waals surface area contributed by atoms with Gasteiger partial charge in [-0.2, -0.15) is 9.64 Å². The summed E-state index contributed by atoms with van der Waals surface area (Å²) in [4.78, 5) is 19.0. The lowest BCUT2D eigenvalue weighted by Crippen LogP contribution is -2.37. The lowest BCUT2D eigenvalue weighted by Gasteiger charge is -2.31. The molecule has 2 aromatic heterocycles. The van der Waals surface area contributed by atoms with Crippen LogP contribution in [0.5, 0.6) is 0 Å². The molecule has 4 rings (SSSR count). The zero-order chi connectivity index (χ0) is 28.2. The molecule has 0 spiro atoms. The van der Waals surface area contributed by atoms with Crippen LogP contribution in [0, 0.1) is 11.3 Å². The van der Waals surface area contributed by atoms with Gasteiger partial charge < -0.3 is 9.64 Å². The Bertz CT molecular complexity index is 1360. The van der Waals surface area contributed by atoms with Gasteiger partial charge in [-0.3, -0.25) is 4.79 Å².